The average Bonchev–Trinajstić information content (AvgIpc) is 2.16. The molecule has 5 heteroatoms. The Kier molecular flexibility index (Phi) is 4.89. The van der Waals surface area contributed by atoms with Gasteiger partial charge >= 0.3 is 0 Å². The maximum Gasteiger partial charge on any atom is 0.224 e. The summed E-state index contributed by atoms with van der Waals surface area (Å²) in [6.45, 7) is 1.77. The maximum absolute atomic E-state index is 11.6. The highest BCUT2D eigenvalue weighted by Crippen LogP contribution is 2.11. The number of amides is 1. The van der Waals surface area contributed by atoms with Crippen LogP contribution in [0, 0.1) is 0 Å². The fourth-order valence-electron chi connectivity index (χ4n) is 1.20. The van der Waals surface area contributed by atoms with Gasteiger partial charge in [0.15, 0.2) is 0 Å². The van der Waals surface area contributed by atoms with E-state index in [1.54, 1.807) is 6.92 Å². The minimum Gasteiger partial charge on any atom is -0.392 e. The lowest BCUT2D eigenvalue weighted by Gasteiger charge is -2.11. The van der Waals surface area contributed by atoms with Gasteiger partial charge in [0.2, 0.25) is 5.91 Å². The van der Waals surface area contributed by atoms with Crippen LogP contribution in [0.5, 0.6) is 0 Å². The van der Waals surface area contributed by atoms with Crippen LogP contribution < -0.4 is 11.1 Å². The lowest BCUT2D eigenvalue weighted by molar-refractivity contribution is -0.120. The average molecular weight is 301 g/mol. The number of nitrogens with two attached hydrogens (primary N) is 1. The Hall–Kier alpha value is -0.940. The smallest absolute Gasteiger partial charge is 0.224 e. The zero-order valence-electron chi connectivity index (χ0n) is 8.87. The zero-order chi connectivity index (χ0) is 12.1. The number of hydrogen-bond donors (Lipinski definition) is 2. The van der Waals surface area contributed by atoms with Crippen LogP contribution in [0.15, 0.2) is 28.7 Å². The molecule has 0 bridgehead atoms. The molecule has 16 heavy (non-hydrogen) atoms. The van der Waals surface area contributed by atoms with Crippen LogP contribution in [0.2, 0.25) is 0 Å². The summed E-state index contributed by atoms with van der Waals surface area (Å²) in [6.07, 6.45) is 0.326. The van der Waals surface area contributed by atoms with Crippen molar-refractivity contribution < 1.29 is 4.79 Å². The SMILES string of the molecule is CC(NC(=O)Cc1cccc(Br)c1)C(N)=S. The molecule has 1 unspecified atom stereocenters. The molecule has 0 aliphatic rings. The molecule has 0 fully saturated rings. The van der Waals surface area contributed by atoms with E-state index in [9.17, 15) is 4.79 Å². The molecular weight excluding hydrogens is 288 g/mol. The molecule has 3 nitrogen and oxygen atoms in total. The molecule has 0 radical (unpaired) electrons. The third-order valence-corrected chi connectivity index (χ3v) is 2.90. The Morgan fingerprint density at radius 3 is 2.88 bits per heavy atom. The van der Waals surface area contributed by atoms with E-state index in [1.165, 1.54) is 0 Å². The Morgan fingerprint density at radius 2 is 2.31 bits per heavy atom. The van der Waals surface area contributed by atoms with Crippen molar-refractivity contribution in [3.8, 4) is 0 Å². The molecule has 0 saturated heterocycles. The molecular formula is C11H13BrN2OS. The highest BCUT2D eigenvalue weighted by molar-refractivity contribution is 9.10. The molecule has 86 valence electrons. The van der Waals surface area contributed by atoms with E-state index in [4.69, 9.17) is 18.0 Å². The molecule has 0 aliphatic heterocycles. The number of nitrogens with one attached hydrogen (secondary N) is 1. The minimum atomic E-state index is -0.269. The van der Waals surface area contributed by atoms with Crippen molar-refractivity contribution >= 4 is 39.0 Å². The Morgan fingerprint density at radius 1 is 1.62 bits per heavy atom. The third-order valence-electron chi connectivity index (χ3n) is 2.06. The summed E-state index contributed by atoms with van der Waals surface area (Å²) in [6, 6.07) is 7.35. The summed E-state index contributed by atoms with van der Waals surface area (Å²) in [5, 5.41) is 2.73. The number of thiocarbonyl (C=S) groups is 1. The van der Waals surface area contributed by atoms with Crippen molar-refractivity contribution in [2.45, 2.75) is 19.4 Å². The monoisotopic (exact) mass is 300 g/mol. The second kappa shape index (κ2) is 5.96. The predicted molar refractivity (Wildman–Crippen MR) is 72.2 cm³/mol. The molecule has 1 atom stereocenters. The summed E-state index contributed by atoms with van der Waals surface area (Å²) in [5.74, 6) is -0.0848. The molecule has 0 saturated carbocycles. The standard InChI is InChI=1S/C11H13BrN2OS/c1-7(11(13)16)14-10(15)6-8-3-2-4-9(12)5-8/h2-5,7H,6H2,1H3,(H2,13,16)(H,14,15). The van der Waals surface area contributed by atoms with Crippen molar-refractivity contribution in [3.05, 3.63) is 34.3 Å². The van der Waals surface area contributed by atoms with E-state index in [2.05, 4.69) is 21.2 Å². The largest absolute Gasteiger partial charge is 0.392 e. The lowest BCUT2D eigenvalue weighted by atomic mass is 10.1. The van der Waals surface area contributed by atoms with Gasteiger partial charge in [-0.2, -0.15) is 0 Å². The van der Waals surface area contributed by atoms with Gasteiger partial charge in [-0.1, -0.05) is 40.3 Å². The number of carbonyl (C=O) groups excluding carboxylic acids is 1. The van der Waals surface area contributed by atoms with Crippen LogP contribution >= 0.6 is 28.1 Å². The second-order valence-electron chi connectivity index (χ2n) is 3.50. The maximum atomic E-state index is 11.6. The first kappa shape index (κ1) is 13.1. The van der Waals surface area contributed by atoms with Crippen LogP contribution in [0.4, 0.5) is 0 Å². The number of benzene rings is 1. The van der Waals surface area contributed by atoms with Gasteiger partial charge in [-0.05, 0) is 24.6 Å². The second-order valence-corrected chi connectivity index (χ2v) is 4.89. The quantitative estimate of drug-likeness (QED) is 0.834. The summed E-state index contributed by atoms with van der Waals surface area (Å²) in [7, 11) is 0. The van der Waals surface area contributed by atoms with Crippen molar-refractivity contribution in [3.63, 3.8) is 0 Å². The molecule has 1 aromatic rings. The van der Waals surface area contributed by atoms with E-state index in [1.807, 2.05) is 24.3 Å². The molecule has 3 N–H and O–H groups in total. The Bertz CT molecular complexity index is 409. The van der Waals surface area contributed by atoms with E-state index < -0.39 is 0 Å². The molecule has 1 rings (SSSR count). The van der Waals surface area contributed by atoms with Gasteiger partial charge in [-0.3, -0.25) is 4.79 Å². The summed E-state index contributed by atoms with van der Waals surface area (Å²) in [5.41, 5.74) is 6.36. The normalized spacial score (nSPS) is 11.9. The van der Waals surface area contributed by atoms with Crippen molar-refractivity contribution in [1.82, 2.24) is 5.32 Å². The predicted octanol–water partition coefficient (Wildman–Crippen LogP) is 1.78. The van der Waals surface area contributed by atoms with Crippen LogP contribution in [0.25, 0.3) is 0 Å². The first-order chi connectivity index (χ1) is 7.49. The highest BCUT2D eigenvalue weighted by atomic mass is 79.9. The van der Waals surface area contributed by atoms with Crippen LogP contribution in [0.1, 0.15) is 12.5 Å². The number of hydrogen-bond acceptors (Lipinski definition) is 2. The fraction of sp³-hybridized carbons (Fsp3) is 0.273. The highest BCUT2D eigenvalue weighted by Gasteiger charge is 2.09. The van der Waals surface area contributed by atoms with Gasteiger partial charge in [0.1, 0.15) is 0 Å². The third kappa shape index (κ3) is 4.28. The molecule has 0 aliphatic carbocycles. The molecule has 0 heterocycles. The first-order valence-electron chi connectivity index (χ1n) is 4.82. The molecule has 1 amide bonds. The van der Waals surface area contributed by atoms with Crippen molar-refractivity contribution in [2.75, 3.05) is 0 Å². The van der Waals surface area contributed by atoms with E-state index in [0.717, 1.165) is 10.0 Å². The lowest BCUT2D eigenvalue weighted by Crippen LogP contribution is -2.41. The minimum absolute atomic E-state index is 0.0848. The molecule has 0 aromatic heterocycles. The Balaban J connectivity index is 2.55. The van der Waals surface area contributed by atoms with Crippen LogP contribution in [0.3, 0.4) is 0 Å². The van der Waals surface area contributed by atoms with Gasteiger partial charge in [0.05, 0.1) is 17.5 Å². The number of rotatable bonds is 4. The van der Waals surface area contributed by atoms with E-state index >= 15 is 0 Å². The van der Waals surface area contributed by atoms with Gasteiger partial charge in [-0.25, -0.2) is 0 Å². The van der Waals surface area contributed by atoms with Crippen molar-refractivity contribution in [2.24, 2.45) is 5.73 Å². The van der Waals surface area contributed by atoms with Gasteiger partial charge < -0.3 is 11.1 Å². The Labute approximate surface area is 109 Å². The fourth-order valence-corrected chi connectivity index (χ4v) is 1.70. The number of carbonyl (C=O) groups is 1. The summed E-state index contributed by atoms with van der Waals surface area (Å²) >= 11 is 8.13. The zero-order valence-corrected chi connectivity index (χ0v) is 11.3. The molecule has 0 spiro atoms. The van der Waals surface area contributed by atoms with Crippen LogP contribution in [-0.2, 0) is 11.2 Å². The summed E-state index contributed by atoms with van der Waals surface area (Å²) < 4.78 is 0.959. The van der Waals surface area contributed by atoms with Gasteiger partial charge in [0, 0.05) is 4.47 Å². The van der Waals surface area contributed by atoms with E-state index in [-0.39, 0.29) is 11.9 Å². The first-order valence-corrected chi connectivity index (χ1v) is 6.02. The van der Waals surface area contributed by atoms with Crippen LogP contribution in [-0.4, -0.2) is 16.9 Å². The van der Waals surface area contributed by atoms with Crippen molar-refractivity contribution in [1.29, 1.82) is 0 Å². The molecule has 1 aromatic carbocycles. The topological polar surface area (TPSA) is 55.1 Å². The number of halogens is 1. The van der Waals surface area contributed by atoms with Gasteiger partial charge in [-0.15, -0.1) is 0 Å². The van der Waals surface area contributed by atoms with E-state index in [0.29, 0.717) is 11.4 Å². The van der Waals surface area contributed by atoms with Gasteiger partial charge in [0.25, 0.3) is 0 Å². The summed E-state index contributed by atoms with van der Waals surface area (Å²) in [4.78, 5) is 11.9.